The van der Waals surface area contributed by atoms with E-state index in [1.165, 1.54) is 24.3 Å². The SMILES string of the molecule is O=C(c1ccc(NS(=O)(=O)c2cc([N+](=O)[O-])ccc2Cl)cc1)N(Cc1ccccc1)Cc1ccccc1. The highest BCUT2D eigenvalue weighted by Gasteiger charge is 2.22. The molecule has 4 rings (SSSR count). The third kappa shape index (κ3) is 6.52. The maximum Gasteiger partial charge on any atom is 0.270 e. The van der Waals surface area contributed by atoms with Crippen LogP contribution in [-0.4, -0.2) is 24.1 Å². The Balaban J connectivity index is 1.55. The van der Waals surface area contributed by atoms with Crippen molar-refractivity contribution in [1.29, 1.82) is 0 Å². The van der Waals surface area contributed by atoms with Crippen molar-refractivity contribution < 1.29 is 18.1 Å². The van der Waals surface area contributed by atoms with Gasteiger partial charge in [0.25, 0.3) is 21.6 Å². The van der Waals surface area contributed by atoms with E-state index in [4.69, 9.17) is 11.6 Å². The van der Waals surface area contributed by atoms with Crippen molar-refractivity contribution in [3.63, 3.8) is 0 Å². The molecule has 0 aliphatic heterocycles. The number of nitrogens with zero attached hydrogens (tertiary/aromatic N) is 2. The summed E-state index contributed by atoms with van der Waals surface area (Å²) >= 11 is 5.99. The molecule has 188 valence electrons. The monoisotopic (exact) mass is 535 g/mol. The van der Waals surface area contributed by atoms with Gasteiger partial charge in [-0.15, -0.1) is 0 Å². The second-order valence-electron chi connectivity index (χ2n) is 8.19. The van der Waals surface area contributed by atoms with Gasteiger partial charge in [0.15, 0.2) is 0 Å². The summed E-state index contributed by atoms with van der Waals surface area (Å²) in [7, 11) is -4.21. The number of halogens is 1. The van der Waals surface area contributed by atoms with Gasteiger partial charge < -0.3 is 4.90 Å². The summed E-state index contributed by atoms with van der Waals surface area (Å²) in [6, 6.07) is 28.4. The van der Waals surface area contributed by atoms with Crippen LogP contribution in [0, 0.1) is 10.1 Å². The molecule has 0 aromatic heterocycles. The molecule has 10 heteroatoms. The van der Waals surface area contributed by atoms with Crippen LogP contribution in [0.5, 0.6) is 0 Å². The van der Waals surface area contributed by atoms with Gasteiger partial charge in [0.05, 0.1) is 9.95 Å². The molecule has 1 amide bonds. The van der Waals surface area contributed by atoms with Gasteiger partial charge in [-0.2, -0.15) is 0 Å². The van der Waals surface area contributed by atoms with Crippen LogP contribution in [-0.2, 0) is 23.1 Å². The number of carbonyl (C=O) groups excluding carboxylic acids is 1. The van der Waals surface area contributed by atoms with E-state index in [2.05, 4.69) is 4.72 Å². The minimum atomic E-state index is -4.21. The Kier molecular flexibility index (Phi) is 7.86. The molecule has 4 aromatic rings. The molecular formula is C27H22ClN3O5S. The van der Waals surface area contributed by atoms with E-state index in [9.17, 15) is 23.3 Å². The van der Waals surface area contributed by atoms with Gasteiger partial charge >= 0.3 is 0 Å². The first kappa shape index (κ1) is 25.9. The molecule has 8 nitrogen and oxygen atoms in total. The molecule has 0 heterocycles. The second-order valence-corrected chi connectivity index (χ2v) is 10.2. The van der Waals surface area contributed by atoms with Crippen LogP contribution in [0.1, 0.15) is 21.5 Å². The summed E-state index contributed by atoms with van der Waals surface area (Å²) in [4.78, 5) is 25.1. The highest BCUT2D eigenvalue weighted by Crippen LogP contribution is 2.28. The van der Waals surface area contributed by atoms with Crippen molar-refractivity contribution >= 4 is 38.9 Å². The van der Waals surface area contributed by atoms with Crippen LogP contribution in [0.15, 0.2) is 108 Å². The molecule has 1 N–H and O–H groups in total. The average molecular weight is 536 g/mol. The van der Waals surface area contributed by atoms with Crippen LogP contribution in [0.3, 0.4) is 0 Å². The molecule has 0 fully saturated rings. The summed E-state index contributed by atoms with van der Waals surface area (Å²) in [5.41, 5.74) is 2.11. The molecule has 0 atom stereocenters. The second kappa shape index (κ2) is 11.2. The van der Waals surface area contributed by atoms with Crippen LogP contribution >= 0.6 is 11.6 Å². The normalized spacial score (nSPS) is 11.1. The number of amides is 1. The molecule has 0 spiro atoms. The summed E-state index contributed by atoms with van der Waals surface area (Å²) in [5.74, 6) is -0.219. The van der Waals surface area contributed by atoms with Crippen molar-refractivity contribution in [2.24, 2.45) is 0 Å². The third-order valence-electron chi connectivity index (χ3n) is 5.52. The number of hydrogen-bond donors (Lipinski definition) is 1. The fourth-order valence-electron chi connectivity index (χ4n) is 3.69. The Morgan fingerprint density at radius 2 is 1.38 bits per heavy atom. The molecule has 0 saturated carbocycles. The number of sulfonamides is 1. The van der Waals surface area contributed by atoms with E-state index >= 15 is 0 Å². The van der Waals surface area contributed by atoms with Crippen LogP contribution in [0.4, 0.5) is 11.4 Å². The molecule has 0 aliphatic carbocycles. The Labute approximate surface area is 219 Å². The molecule has 0 aliphatic rings. The maximum absolute atomic E-state index is 13.4. The van der Waals surface area contributed by atoms with Crippen molar-refractivity contribution in [3.8, 4) is 0 Å². The molecule has 0 saturated heterocycles. The zero-order chi connectivity index (χ0) is 26.4. The predicted octanol–water partition coefficient (Wildman–Crippen LogP) is 5.89. The lowest BCUT2D eigenvalue weighted by atomic mass is 10.1. The van der Waals surface area contributed by atoms with Gasteiger partial charge in [-0.1, -0.05) is 72.3 Å². The average Bonchev–Trinajstić information content (AvgIpc) is 2.89. The summed E-state index contributed by atoms with van der Waals surface area (Å²) in [6.07, 6.45) is 0. The first-order valence-corrected chi connectivity index (χ1v) is 13.0. The number of hydrogen-bond acceptors (Lipinski definition) is 5. The minimum Gasteiger partial charge on any atom is -0.330 e. The molecular weight excluding hydrogens is 514 g/mol. The fourth-order valence-corrected chi connectivity index (χ4v) is 5.27. The van der Waals surface area contributed by atoms with E-state index in [1.807, 2.05) is 60.7 Å². The molecule has 0 radical (unpaired) electrons. The Morgan fingerprint density at radius 3 is 1.89 bits per heavy atom. The number of anilines is 1. The van der Waals surface area contributed by atoms with Gasteiger partial charge in [0.1, 0.15) is 4.90 Å². The van der Waals surface area contributed by atoms with E-state index in [0.29, 0.717) is 18.7 Å². The zero-order valence-corrected chi connectivity index (χ0v) is 21.0. The Morgan fingerprint density at radius 1 is 0.838 bits per heavy atom. The number of carbonyl (C=O) groups is 1. The smallest absolute Gasteiger partial charge is 0.270 e. The number of nitro benzene ring substituents is 1. The third-order valence-corrected chi connectivity index (χ3v) is 7.38. The number of rotatable bonds is 9. The van der Waals surface area contributed by atoms with Crippen molar-refractivity contribution in [1.82, 2.24) is 4.90 Å². The van der Waals surface area contributed by atoms with E-state index in [1.54, 1.807) is 4.90 Å². The van der Waals surface area contributed by atoms with Crippen molar-refractivity contribution in [2.75, 3.05) is 4.72 Å². The first-order valence-electron chi connectivity index (χ1n) is 11.2. The zero-order valence-electron chi connectivity index (χ0n) is 19.5. The topological polar surface area (TPSA) is 110 Å². The van der Waals surface area contributed by atoms with Crippen molar-refractivity contribution in [3.05, 3.63) is 135 Å². The number of non-ortho nitro benzene ring substituents is 1. The Bertz CT molecular complexity index is 1470. The number of benzene rings is 4. The largest absolute Gasteiger partial charge is 0.330 e. The van der Waals surface area contributed by atoms with E-state index < -0.39 is 25.5 Å². The van der Waals surface area contributed by atoms with Crippen LogP contribution < -0.4 is 4.72 Å². The highest BCUT2D eigenvalue weighted by molar-refractivity contribution is 7.92. The molecule has 0 bridgehead atoms. The summed E-state index contributed by atoms with van der Waals surface area (Å²) < 4.78 is 28.0. The van der Waals surface area contributed by atoms with Gasteiger partial charge in [0.2, 0.25) is 0 Å². The standard InChI is InChI=1S/C27H22ClN3O5S/c28-25-16-15-24(31(33)34)17-26(25)37(35,36)29-23-13-11-22(12-14-23)27(32)30(18-20-7-3-1-4-8-20)19-21-9-5-2-6-10-21/h1-17,29H,18-19H2. The first-order chi connectivity index (χ1) is 17.7. The maximum atomic E-state index is 13.4. The summed E-state index contributed by atoms with van der Waals surface area (Å²) in [5, 5.41) is 10.9. The lowest BCUT2D eigenvalue weighted by Crippen LogP contribution is -2.30. The lowest BCUT2D eigenvalue weighted by Gasteiger charge is -2.23. The van der Waals surface area contributed by atoms with Gasteiger partial charge in [-0.3, -0.25) is 19.6 Å². The predicted molar refractivity (Wildman–Crippen MR) is 142 cm³/mol. The lowest BCUT2D eigenvalue weighted by molar-refractivity contribution is -0.385. The minimum absolute atomic E-state index is 0.151. The van der Waals surface area contributed by atoms with Gasteiger partial charge in [-0.25, -0.2) is 8.42 Å². The van der Waals surface area contributed by atoms with Crippen molar-refractivity contribution in [2.45, 2.75) is 18.0 Å². The van der Waals surface area contributed by atoms with Crippen LogP contribution in [0.2, 0.25) is 5.02 Å². The molecule has 37 heavy (non-hydrogen) atoms. The number of nitro groups is 1. The highest BCUT2D eigenvalue weighted by atomic mass is 35.5. The van der Waals surface area contributed by atoms with Gasteiger partial charge in [0, 0.05) is 36.5 Å². The van der Waals surface area contributed by atoms with E-state index in [-0.39, 0.29) is 16.6 Å². The van der Waals surface area contributed by atoms with Crippen LogP contribution in [0.25, 0.3) is 0 Å². The molecule has 4 aromatic carbocycles. The number of nitrogens with one attached hydrogen (secondary N) is 1. The molecule has 0 unspecified atom stereocenters. The Hall–Kier alpha value is -4.21. The van der Waals surface area contributed by atoms with Gasteiger partial charge in [-0.05, 0) is 41.5 Å². The fraction of sp³-hybridized carbons (Fsp3) is 0.0741. The van der Waals surface area contributed by atoms with E-state index in [0.717, 1.165) is 29.3 Å². The summed E-state index contributed by atoms with van der Waals surface area (Å²) in [6.45, 7) is 0.794. The quantitative estimate of drug-likeness (QED) is 0.212.